The molecule has 1 aliphatic rings. The second-order valence-corrected chi connectivity index (χ2v) is 10.2. The van der Waals surface area contributed by atoms with Crippen molar-refractivity contribution in [2.24, 2.45) is 0 Å². The van der Waals surface area contributed by atoms with Crippen LogP contribution in [0.25, 0.3) is 0 Å². The Bertz CT molecular complexity index is 168. The summed E-state index contributed by atoms with van der Waals surface area (Å²) in [7, 11) is -1.53. The Labute approximate surface area is 82.7 Å². The monoisotopic (exact) mass is 202 g/mol. The molecule has 0 saturated carbocycles. The normalized spacial score (nSPS) is 24.2. The zero-order chi connectivity index (χ0) is 10.1. The minimum atomic E-state index is -1.53. The third-order valence-corrected chi connectivity index (χ3v) is 7.73. The predicted octanol–water partition coefficient (Wildman–Crippen LogP) is 2.80. The summed E-state index contributed by atoms with van der Waals surface area (Å²) in [6.45, 7) is 13.1. The average Bonchev–Trinajstić information content (AvgIpc) is 1.80. The molecule has 0 radical (unpaired) electrons. The van der Waals surface area contributed by atoms with Gasteiger partial charge in [0.15, 0.2) is 8.32 Å². The molecular weight excluding hydrogens is 180 g/mol. The van der Waals surface area contributed by atoms with Crippen LogP contribution in [-0.4, -0.2) is 27.6 Å². The first-order chi connectivity index (χ1) is 5.83. The van der Waals surface area contributed by atoms with Gasteiger partial charge in [0, 0.05) is 6.61 Å². The number of ether oxygens (including phenoxy) is 1. The van der Waals surface area contributed by atoms with Crippen LogP contribution in [-0.2, 0) is 9.16 Å². The van der Waals surface area contributed by atoms with Crippen molar-refractivity contribution in [3.8, 4) is 0 Å². The van der Waals surface area contributed by atoms with E-state index in [-0.39, 0.29) is 0 Å². The zero-order valence-corrected chi connectivity index (χ0v) is 10.5. The van der Waals surface area contributed by atoms with E-state index >= 15 is 0 Å². The lowest BCUT2D eigenvalue weighted by Crippen LogP contribution is -2.44. The topological polar surface area (TPSA) is 18.5 Å². The molecule has 2 nitrogen and oxygen atoms in total. The van der Waals surface area contributed by atoms with Crippen LogP contribution in [0.15, 0.2) is 0 Å². The molecule has 1 unspecified atom stereocenters. The molecule has 1 saturated heterocycles. The highest BCUT2D eigenvalue weighted by Crippen LogP contribution is 2.36. The fourth-order valence-electron chi connectivity index (χ4n) is 0.934. The molecule has 13 heavy (non-hydrogen) atoms. The second kappa shape index (κ2) is 3.71. The maximum absolute atomic E-state index is 6.01. The van der Waals surface area contributed by atoms with Crippen molar-refractivity contribution in [1.82, 2.24) is 0 Å². The summed E-state index contributed by atoms with van der Waals surface area (Å²) in [4.78, 5) is 0. The van der Waals surface area contributed by atoms with Gasteiger partial charge in [-0.2, -0.15) is 0 Å². The Morgan fingerprint density at radius 2 is 1.92 bits per heavy atom. The van der Waals surface area contributed by atoms with Crippen LogP contribution in [0.1, 0.15) is 27.2 Å². The lowest BCUT2D eigenvalue weighted by Gasteiger charge is -2.38. The molecule has 0 aromatic rings. The molecule has 1 aliphatic heterocycles. The van der Waals surface area contributed by atoms with Crippen molar-refractivity contribution in [3.63, 3.8) is 0 Å². The first kappa shape index (κ1) is 11.2. The Balaban J connectivity index is 2.32. The van der Waals surface area contributed by atoms with E-state index in [4.69, 9.17) is 9.16 Å². The molecule has 0 aromatic carbocycles. The standard InChI is InChI=1S/C10H22O2Si/c1-10(2,3)13(4,5)12-8-9-6-7-11-9/h9H,6-8H2,1-5H3. The van der Waals surface area contributed by atoms with Gasteiger partial charge in [0.1, 0.15) is 0 Å². The summed E-state index contributed by atoms with van der Waals surface area (Å²) >= 11 is 0. The molecule has 1 heterocycles. The summed E-state index contributed by atoms with van der Waals surface area (Å²) in [6, 6.07) is 0. The molecule has 1 rings (SSSR count). The zero-order valence-electron chi connectivity index (χ0n) is 9.52. The summed E-state index contributed by atoms with van der Waals surface area (Å²) in [5, 5.41) is 0.316. The van der Waals surface area contributed by atoms with Gasteiger partial charge >= 0.3 is 0 Å². The highest BCUT2D eigenvalue weighted by molar-refractivity contribution is 6.74. The highest BCUT2D eigenvalue weighted by Gasteiger charge is 2.38. The molecule has 78 valence electrons. The highest BCUT2D eigenvalue weighted by atomic mass is 28.4. The van der Waals surface area contributed by atoms with E-state index in [1.165, 1.54) is 6.42 Å². The van der Waals surface area contributed by atoms with Crippen molar-refractivity contribution >= 4 is 8.32 Å². The van der Waals surface area contributed by atoms with Gasteiger partial charge in [0.05, 0.1) is 12.7 Å². The number of rotatable bonds is 3. The van der Waals surface area contributed by atoms with Gasteiger partial charge in [-0.1, -0.05) is 20.8 Å². The third kappa shape index (κ3) is 2.79. The van der Waals surface area contributed by atoms with E-state index < -0.39 is 8.32 Å². The first-order valence-electron chi connectivity index (χ1n) is 5.08. The number of hydrogen-bond donors (Lipinski definition) is 0. The molecule has 0 aromatic heterocycles. The average molecular weight is 202 g/mol. The molecule has 0 aliphatic carbocycles. The Kier molecular flexibility index (Phi) is 3.20. The van der Waals surface area contributed by atoms with Crippen LogP contribution >= 0.6 is 0 Å². The predicted molar refractivity (Wildman–Crippen MR) is 57.5 cm³/mol. The Morgan fingerprint density at radius 3 is 2.23 bits per heavy atom. The van der Waals surface area contributed by atoms with Crippen LogP contribution in [0.3, 0.4) is 0 Å². The lowest BCUT2D eigenvalue weighted by atomic mass is 10.2. The third-order valence-electron chi connectivity index (χ3n) is 3.23. The van der Waals surface area contributed by atoms with E-state index in [0.29, 0.717) is 11.1 Å². The van der Waals surface area contributed by atoms with Crippen LogP contribution in [0.4, 0.5) is 0 Å². The van der Waals surface area contributed by atoms with Crippen LogP contribution < -0.4 is 0 Å². The van der Waals surface area contributed by atoms with Gasteiger partial charge in [0.25, 0.3) is 0 Å². The van der Waals surface area contributed by atoms with Gasteiger partial charge in [0.2, 0.25) is 0 Å². The SMILES string of the molecule is CC(C)(C)[Si](C)(C)OCC1CCO1. The summed E-state index contributed by atoms with van der Waals surface area (Å²) in [6.07, 6.45) is 1.56. The van der Waals surface area contributed by atoms with Gasteiger partial charge in [-0.15, -0.1) is 0 Å². The minimum absolute atomic E-state index is 0.316. The molecule has 3 heteroatoms. The van der Waals surface area contributed by atoms with Crippen LogP contribution in [0.5, 0.6) is 0 Å². The first-order valence-corrected chi connectivity index (χ1v) is 7.99. The van der Waals surface area contributed by atoms with Crippen LogP contribution in [0, 0.1) is 0 Å². The Hall–Kier alpha value is 0.137. The summed E-state index contributed by atoms with van der Waals surface area (Å²) in [5.74, 6) is 0. The van der Waals surface area contributed by atoms with Crippen molar-refractivity contribution in [1.29, 1.82) is 0 Å². The Morgan fingerprint density at radius 1 is 1.38 bits per heavy atom. The second-order valence-electron chi connectivity index (χ2n) is 5.35. The van der Waals surface area contributed by atoms with Crippen LogP contribution in [0.2, 0.25) is 18.1 Å². The molecule has 1 fully saturated rings. The van der Waals surface area contributed by atoms with Crippen molar-refractivity contribution < 1.29 is 9.16 Å². The molecule has 0 N–H and O–H groups in total. The molecule has 1 atom stereocenters. The van der Waals surface area contributed by atoms with Crippen molar-refractivity contribution in [2.75, 3.05) is 13.2 Å². The molecule has 0 bridgehead atoms. The summed E-state index contributed by atoms with van der Waals surface area (Å²) in [5.41, 5.74) is 0. The summed E-state index contributed by atoms with van der Waals surface area (Å²) < 4.78 is 11.3. The van der Waals surface area contributed by atoms with Gasteiger partial charge < -0.3 is 9.16 Å². The van der Waals surface area contributed by atoms with E-state index in [0.717, 1.165) is 13.2 Å². The van der Waals surface area contributed by atoms with E-state index in [1.54, 1.807) is 0 Å². The molecule has 0 amide bonds. The molecular formula is C10H22O2Si. The van der Waals surface area contributed by atoms with E-state index in [2.05, 4.69) is 33.9 Å². The van der Waals surface area contributed by atoms with E-state index in [9.17, 15) is 0 Å². The van der Waals surface area contributed by atoms with Crippen molar-refractivity contribution in [2.45, 2.75) is 51.4 Å². The largest absolute Gasteiger partial charge is 0.414 e. The fraction of sp³-hybridized carbons (Fsp3) is 1.00. The van der Waals surface area contributed by atoms with Gasteiger partial charge in [-0.3, -0.25) is 0 Å². The quantitative estimate of drug-likeness (QED) is 0.655. The lowest BCUT2D eigenvalue weighted by molar-refractivity contribution is -0.0744. The fourth-order valence-corrected chi connectivity index (χ4v) is 1.97. The number of hydrogen-bond acceptors (Lipinski definition) is 2. The molecule has 0 spiro atoms. The maximum Gasteiger partial charge on any atom is 0.192 e. The maximum atomic E-state index is 6.01. The van der Waals surface area contributed by atoms with Gasteiger partial charge in [-0.05, 0) is 24.6 Å². The van der Waals surface area contributed by atoms with Gasteiger partial charge in [-0.25, -0.2) is 0 Å². The minimum Gasteiger partial charge on any atom is -0.414 e. The van der Waals surface area contributed by atoms with E-state index in [1.807, 2.05) is 0 Å². The van der Waals surface area contributed by atoms with Crippen molar-refractivity contribution in [3.05, 3.63) is 0 Å². The smallest absolute Gasteiger partial charge is 0.192 e.